The van der Waals surface area contributed by atoms with Gasteiger partial charge in [0, 0.05) is 16.5 Å². The van der Waals surface area contributed by atoms with Crippen LogP contribution in [0.1, 0.15) is 29.9 Å². The van der Waals surface area contributed by atoms with Crippen LogP contribution in [0.25, 0.3) is 0 Å². The van der Waals surface area contributed by atoms with Gasteiger partial charge in [-0.3, -0.25) is 19.2 Å². The van der Waals surface area contributed by atoms with Crippen molar-refractivity contribution < 1.29 is 33.4 Å². The molecule has 0 spiro atoms. The predicted octanol–water partition coefficient (Wildman–Crippen LogP) is 5.93. The number of fused-ring (bicyclic) bond motifs is 4. The van der Waals surface area contributed by atoms with E-state index in [4.69, 9.17) is 39.5 Å². The maximum atomic E-state index is 14.5. The highest BCUT2D eigenvalue weighted by atomic mass is 35.5. The summed E-state index contributed by atoms with van der Waals surface area (Å²) in [5.41, 5.74) is 2.22. The summed E-state index contributed by atoms with van der Waals surface area (Å²) in [6, 6.07) is 16.6. The summed E-state index contributed by atoms with van der Waals surface area (Å²) >= 11 is 21.2. The summed E-state index contributed by atoms with van der Waals surface area (Å²) < 4.78 is 19.8. The first-order valence-electron chi connectivity index (χ1n) is 15.1. The number of hydrogen-bond donors (Lipinski definition) is 1. The number of aryl methyl sites for hydroxylation is 1. The molecule has 0 bridgehead atoms. The van der Waals surface area contributed by atoms with Gasteiger partial charge in [-0.15, -0.1) is 23.2 Å². The van der Waals surface area contributed by atoms with E-state index in [1.807, 2.05) is 13.0 Å². The van der Waals surface area contributed by atoms with Crippen molar-refractivity contribution in [3.05, 3.63) is 100 Å². The number of aliphatic hydroxyl groups excluding tert-OH is 1. The average Bonchev–Trinajstić information content (AvgIpc) is 3.40. The van der Waals surface area contributed by atoms with Crippen LogP contribution in [-0.4, -0.2) is 51.7 Å². The van der Waals surface area contributed by atoms with Gasteiger partial charge in [0.1, 0.15) is 18.2 Å². The molecule has 2 aliphatic heterocycles. The van der Waals surface area contributed by atoms with Gasteiger partial charge in [0.05, 0.1) is 29.8 Å². The second-order valence-corrected chi connectivity index (χ2v) is 14.0. The third kappa shape index (κ3) is 4.50. The van der Waals surface area contributed by atoms with Crippen LogP contribution in [-0.2, 0) is 19.2 Å². The molecule has 7 rings (SSSR count). The number of rotatable bonds is 6. The smallest absolute Gasteiger partial charge is 0.258 e. The van der Waals surface area contributed by atoms with E-state index in [1.165, 1.54) is 12.1 Å². The molecule has 0 aromatic heterocycles. The van der Waals surface area contributed by atoms with Gasteiger partial charge in [-0.05, 0) is 73.7 Å². The van der Waals surface area contributed by atoms with Crippen LogP contribution in [0.5, 0.6) is 5.75 Å². The Morgan fingerprint density at radius 3 is 2.32 bits per heavy atom. The van der Waals surface area contributed by atoms with Crippen LogP contribution in [0.15, 0.2) is 78.4 Å². The van der Waals surface area contributed by atoms with Crippen LogP contribution >= 0.6 is 34.8 Å². The van der Waals surface area contributed by atoms with E-state index in [1.54, 1.807) is 42.5 Å². The lowest BCUT2D eigenvalue weighted by molar-refractivity contribution is -0.125. The Kier molecular flexibility index (Phi) is 7.75. The van der Waals surface area contributed by atoms with Crippen molar-refractivity contribution in [2.24, 2.45) is 17.8 Å². The zero-order chi connectivity index (χ0) is 33.4. The fourth-order valence-corrected chi connectivity index (χ4v) is 8.83. The van der Waals surface area contributed by atoms with Crippen molar-refractivity contribution >= 4 is 69.8 Å². The van der Waals surface area contributed by atoms with Crippen molar-refractivity contribution in [1.29, 1.82) is 0 Å². The number of allylic oxidation sites excluding steroid dienone is 2. The molecule has 2 saturated heterocycles. The van der Waals surface area contributed by atoms with Crippen molar-refractivity contribution in [3.8, 4) is 5.75 Å². The first-order valence-corrected chi connectivity index (χ1v) is 16.3. The van der Waals surface area contributed by atoms with Crippen molar-refractivity contribution in [2.75, 3.05) is 23.0 Å². The Balaban J connectivity index is 1.40. The monoisotopic (exact) mass is 696 g/mol. The van der Waals surface area contributed by atoms with Crippen molar-refractivity contribution in [2.45, 2.75) is 35.4 Å². The van der Waals surface area contributed by atoms with Crippen LogP contribution in [0.3, 0.4) is 0 Å². The number of benzene rings is 3. The molecule has 3 fully saturated rings. The van der Waals surface area contributed by atoms with E-state index in [0.29, 0.717) is 27.6 Å². The lowest BCUT2D eigenvalue weighted by Crippen LogP contribution is -2.60. The van der Waals surface area contributed by atoms with Crippen LogP contribution < -0.4 is 14.5 Å². The van der Waals surface area contributed by atoms with E-state index in [-0.39, 0.29) is 31.7 Å². The first kappa shape index (κ1) is 31.8. The fourth-order valence-electron chi connectivity index (χ4n) is 7.73. The highest BCUT2D eigenvalue weighted by Crippen LogP contribution is 2.66. The molecule has 0 radical (unpaired) electrons. The van der Waals surface area contributed by atoms with Crippen LogP contribution in [0.4, 0.5) is 15.8 Å². The van der Waals surface area contributed by atoms with Gasteiger partial charge in [-0.1, -0.05) is 47.5 Å². The van der Waals surface area contributed by atoms with Gasteiger partial charge in [0.15, 0.2) is 9.75 Å². The quantitative estimate of drug-likeness (QED) is 0.195. The number of carbonyl (C=O) groups is 4. The number of halogens is 4. The third-order valence-electron chi connectivity index (χ3n) is 9.89. The molecule has 4 aliphatic rings. The summed E-state index contributed by atoms with van der Waals surface area (Å²) in [7, 11) is 0. The minimum atomic E-state index is -2.11. The molecule has 242 valence electrons. The summed E-state index contributed by atoms with van der Waals surface area (Å²) in [5.74, 6) is -6.24. The summed E-state index contributed by atoms with van der Waals surface area (Å²) in [6.45, 7) is 1.46. The van der Waals surface area contributed by atoms with Crippen molar-refractivity contribution in [3.63, 3.8) is 0 Å². The number of alkyl halides is 2. The average molecular weight is 698 g/mol. The number of para-hydroxylation sites is 1. The summed E-state index contributed by atoms with van der Waals surface area (Å²) in [5, 5.41) is 9.92. The number of amides is 4. The SMILES string of the molecule is Cc1ccc(N2C(=O)C3CC=C4C(CC5(Cl)C(=O)N(c6ccc(F)cc6)C(=O)C5(Cl)C4c4ccccc4OCCO)C3C2=O)cc1Cl. The van der Waals surface area contributed by atoms with Gasteiger partial charge in [0.2, 0.25) is 11.8 Å². The highest BCUT2D eigenvalue weighted by Gasteiger charge is 2.77. The van der Waals surface area contributed by atoms with Gasteiger partial charge >= 0.3 is 0 Å². The molecular formula is C35H28Cl3FN2O6. The summed E-state index contributed by atoms with van der Waals surface area (Å²) in [6.07, 6.45) is 1.79. The number of anilines is 2. The molecule has 2 heterocycles. The second kappa shape index (κ2) is 11.4. The van der Waals surface area contributed by atoms with E-state index in [9.17, 15) is 28.7 Å². The maximum Gasteiger partial charge on any atom is 0.258 e. The standard InChI is InChI=1S/C35H28Cl3FN2O6/c1-18-6-9-21(16-26(18)36)40-30(43)24-13-12-22-25(28(24)31(40)44)17-34(37)32(45)41(20-10-7-19(39)8-11-20)33(46)35(34,38)29(22)23-4-2-3-5-27(23)47-15-14-42/h2-12,16,24-25,28-29,42H,13-15,17H2,1H3. The number of ether oxygens (including phenoxy) is 1. The van der Waals surface area contributed by atoms with Crippen molar-refractivity contribution in [1.82, 2.24) is 0 Å². The molecule has 6 unspecified atom stereocenters. The van der Waals surface area contributed by atoms with Crippen LogP contribution in [0, 0.1) is 30.5 Å². The zero-order valence-electron chi connectivity index (χ0n) is 25.0. The van der Waals surface area contributed by atoms with Gasteiger partial charge in [-0.2, -0.15) is 0 Å². The van der Waals surface area contributed by atoms with Gasteiger partial charge in [-0.25, -0.2) is 14.2 Å². The van der Waals surface area contributed by atoms with E-state index >= 15 is 0 Å². The Labute approximate surface area is 284 Å². The van der Waals surface area contributed by atoms with Gasteiger partial charge in [0.25, 0.3) is 11.8 Å². The Morgan fingerprint density at radius 1 is 0.915 bits per heavy atom. The van der Waals surface area contributed by atoms with Crippen LogP contribution in [0.2, 0.25) is 5.02 Å². The number of carbonyl (C=O) groups excluding carboxylic acids is 4. The molecule has 3 aromatic carbocycles. The largest absolute Gasteiger partial charge is 0.491 e. The second-order valence-electron chi connectivity index (χ2n) is 12.3. The lowest BCUT2D eigenvalue weighted by atomic mass is 9.56. The zero-order valence-corrected chi connectivity index (χ0v) is 27.2. The Morgan fingerprint density at radius 2 is 1.62 bits per heavy atom. The molecule has 12 heteroatoms. The maximum absolute atomic E-state index is 14.5. The molecule has 4 amide bonds. The Hall–Kier alpha value is -3.76. The molecule has 1 N–H and O–H groups in total. The number of imide groups is 2. The molecule has 1 saturated carbocycles. The topological polar surface area (TPSA) is 104 Å². The number of nitrogens with zero attached hydrogens (tertiary/aromatic N) is 2. The van der Waals surface area contributed by atoms with E-state index in [2.05, 4.69) is 0 Å². The molecule has 6 atom stereocenters. The normalized spacial score (nSPS) is 29.9. The number of aliphatic hydroxyl groups is 1. The molecule has 3 aromatic rings. The molecule has 47 heavy (non-hydrogen) atoms. The predicted molar refractivity (Wildman–Crippen MR) is 174 cm³/mol. The van der Waals surface area contributed by atoms with Gasteiger partial charge < -0.3 is 9.84 Å². The number of hydrogen-bond acceptors (Lipinski definition) is 6. The fraction of sp³-hybridized carbons (Fsp3) is 0.314. The lowest BCUT2D eigenvalue weighted by Gasteiger charge is -2.50. The minimum Gasteiger partial charge on any atom is -0.491 e. The van der Waals surface area contributed by atoms with E-state index in [0.717, 1.165) is 27.5 Å². The first-order chi connectivity index (χ1) is 22.4. The summed E-state index contributed by atoms with van der Waals surface area (Å²) in [4.78, 5) is 54.9. The van der Waals surface area contributed by atoms with E-state index < -0.39 is 62.9 Å². The highest BCUT2D eigenvalue weighted by molar-refractivity contribution is 6.58. The molecule has 8 nitrogen and oxygen atoms in total. The Bertz CT molecular complexity index is 1880. The third-order valence-corrected chi connectivity index (χ3v) is 11.7. The molecule has 2 aliphatic carbocycles. The molecular weight excluding hydrogens is 670 g/mol. The minimum absolute atomic E-state index is 0.0617.